The maximum atomic E-state index is 10.6. The number of hydrogen-bond donors (Lipinski definition) is 1. The van der Waals surface area contributed by atoms with Crippen LogP contribution in [0.15, 0.2) is 30.3 Å². The summed E-state index contributed by atoms with van der Waals surface area (Å²) in [5.41, 5.74) is 1.01. The van der Waals surface area contributed by atoms with Crippen LogP contribution in [-0.2, 0) is 4.74 Å². The number of aliphatic hydroxyl groups excluding tert-OH is 1. The molecule has 0 saturated carbocycles. The number of likely N-dealkylation sites (N-methyl/N-ethyl adjacent to an activating group) is 1. The van der Waals surface area contributed by atoms with E-state index in [1.807, 2.05) is 30.3 Å². The van der Waals surface area contributed by atoms with E-state index < -0.39 is 6.10 Å². The van der Waals surface area contributed by atoms with Crippen LogP contribution in [0.1, 0.15) is 37.9 Å². The third kappa shape index (κ3) is 3.56. The van der Waals surface area contributed by atoms with Gasteiger partial charge in [-0.15, -0.1) is 0 Å². The van der Waals surface area contributed by atoms with E-state index in [2.05, 4.69) is 18.9 Å². The van der Waals surface area contributed by atoms with Crippen molar-refractivity contribution in [3.05, 3.63) is 35.9 Å². The summed E-state index contributed by atoms with van der Waals surface area (Å²) >= 11 is 0. The average Bonchev–Trinajstić information content (AvgIpc) is 2.49. The summed E-state index contributed by atoms with van der Waals surface area (Å²) < 4.78 is 5.42. The average molecular weight is 263 g/mol. The molecule has 1 aromatic rings. The molecule has 0 aromatic heterocycles. The minimum atomic E-state index is -0.418. The van der Waals surface area contributed by atoms with Gasteiger partial charge in [0.15, 0.2) is 0 Å². The molecule has 3 nitrogen and oxygen atoms in total. The van der Waals surface area contributed by atoms with E-state index in [-0.39, 0.29) is 6.04 Å². The molecule has 1 heterocycles. The van der Waals surface area contributed by atoms with Crippen LogP contribution in [0.4, 0.5) is 0 Å². The molecule has 1 aromatic carbocycles. The van der Waals surface area contributed by atoms with Crippen molar-refractivity contribution in [2.75, 3.05) is 20.3 Å². The number of nitrogens with zero attached hydrogens (tertiary/aromatic N) is 1. The first kappa shape index (κ1) is 14.5. The zero-order chi connectivity index (χ0) is 13.7. The van der Waals surface area contributed by atoms with Crippen molar-refractivity contribution >= 4 is 0 Å². The Labute approximate surface area is 116 Å². The summed E-state index contributed by atoms with van der Waals surface area (Å²) in [5.74, 6) is 0. The highest BCUT2D eigenvalue weighted by atomic mass is 16.5. The monoisotopic (exact) mass is 263 g/mol. The van der Waals surface area contributed by atoms with Gasteiger partial charge in [0.2, 0.25) is 0 Å². The molecule has 1 fully saturated rings. The predicted octanol–water partition coefficient (Wildman–Crippen LogP) is 2.61. The normalized spacial score (nSPS) is 20.4. The molecule has 106 valence electrons. The predicted molar refractivity (Wildman–Crippen MR) is 77.1 cm³/mol. The molecule has 0 radical (unpaired) electrons. The Morgan fingerprint density at radius 3 is 2.47 bits per heavy atom. The van der Waals surface area contributed by atoms with E-state index in [0.717, 1.165) is 38.0 Å². The lowest BCUT2D eigenvalue weighted by molar-refractivity contribution is -0.00894. The second-order valence-corrected chi connectivity index (χ2v) is 5.34. The van der Waals surface area contributed by atoms with Gasteiger partial charge in [-0.1, -0.05) is 37.3 Å². The van der Waals surface area contributed by atoms with Crippen LogP contribution in [0.25, 0.3) is 0 Å². The highest BCUT2D eigenvalue weighted by molar-refractivity contribution is 5.19. The van der Waals surface area contributed by atoms with E-state index in [1.54, 1.807) is 0 Å². The molecule has 0 aliphatic carbocycles. The molecule has 1 N–H and O–H groups in total. The lowest BCUT2D eigenvalue weighted by Crippen LogP contribution is -2.45. The second-order valence-electron chi connectivity index (χ2n) is 5.34. The number of hydrogen-bond acceptors (Lipinski definition) is 3. The number of benzene rings is 1. The Bertz CT molecular complexity index is 362. The molecule has 1 aliphatic heterocycles. The molecule has 0 spiro atoms. The van der Waals surface area contributed by atoms with Crippen LogP contribution in [0.5, 0.6) is 0 Å². The van der Waals surface area contributed by atoms with Crippen molar-refractivity contribution in [3.8, 4) is 0 Å². The van der Waals surface area contributed by atoms with Gasteiger partial charge >= 0.3 is 0 Å². The third-order valence-electron chi connectivity index (χ3n) is 4.21. The fourth-order valence-corrected chi connectivity index (χ4v) is 2.97. The zero-order valence-corrected chi connectivity index (χ0v) is 12.0. The van der Waals surface area contributed by atoms with Crippen molar-refractivity contribution in [1.29, 1.82) is 0 Å². The van der Waals surface area contributed by atoms with E-state index in [9.17, 15) is 5.11 Å². The van der Waals surface area contributed by atoms with Crippen molar-refractivity contribution in [2.24, 2.45) is 0 Å². The molecule has 0 amide bonds. The maximum absolute atomic E-state index is 10.6. The van der Waals surface area contributed by atoms with Gasteiger partial charge in [-0.05, 0) is 31.9 Å². The number of aliphatic hydroxyl groups is 1. The minimum Gasteiger partial charge on any atom is -0.387 e. The minimum absolute atomic E-state index is 0.172. The fraction of sp³-hybridized carbons (Fsp3) is 0.625. The van der Waals surface area contributed by atoms with Gasteiger partial charge in [0, 0.05) is 25.3 Å². The fourth-order valence-electron chi connectivity index (χ4n) is 2.97. The number of ether oxygens (including phenoxy) is 1. The van der Waals surface area contributed by atoms with E-state index >= 15 is 0 Å². The van der Waals surface area contributed by atoms with Crippen LogP contribution in [0.3, 0.4) is 0 Å². The molecular weight excluding hydrogens is 238 g/mol. The summed E-state index contributed by atoms with van der Waals surface area (Å²) in [5, 5.41) is 10.6. The Kier molecular flexibility index (Phi) is 5.37. The highest BCUT2D eigenvalue weighted by Gasteiger charge is 2.29. The van der Waals surface area contributed by atoms with Crippen molar-refractivity contribution in [2.45, 2.75) is 44.4 Å². The standard InChI is InChI=1S/C16H25NO2/c1-3-15(16(18)13-7-5-4-6-8-13)17(2)14-9-11-19-12-10-14/h4-8,14-16,18H,3,9-12H2,1-2H3. The Hall–Kier alpha value is -0.900. The first-order valence-corrected chi connectivity index (χ1v) is 7.26. The van der Waals surface area contributed by atoms with E-state index in [1.165, 1.54) is 0 Å². The molecule has 2 atom stereocenters. The second kappa shape index (κ2) is 7.04. The van der Waals surface area contributed by atoms with Crippen molar-refractivity contribution in [3.63, 3.8) is 0 Å². The first-order valence-electron chi connectivity index (χ1n) is 7.26. The molecular formula is C16H25NO2. The zero-order valence-electron chi connectivity index (χ0n) is 12.0. The van der Waals surface area contributed by atoms with Gasteiger partial charge in [0.1, 0.15) is 0 Å². The quantitative estimate of drug-likeness (QED) is 0.886. The van der Waals surface area contributed by atoms with Gasteiger partial charge in [0.05, 0.1) is 6.10 Å². The largest absolute Gasteiger partial charge is 0.387 e. The van der Waals surface area contributed by atoms with Gasteiger partial charge in [0.25, 0.3) is 0 Å². The summed E-state index contributed by atoms with van der Waals surface area (Å²) in [4.78, 5) is 2.35. The van der Waals surface area contributed by atoms with Crippen LogP contribution in [-0.4, -0.2) is 42.4 Å². The van der Waals surface area contributed by atoms with Gasteiger partial charge in [-0.25, -0.2) is 0 Å². The van der Waals surface area contributed by atoms with E-state index in [0.29, 0.717) is 6.04 Å². The smallest absolute Gasteiger partial charge is 0.0945 e. The maximum Gasteiger partial charge on any atom is 0.0945 e. The lowest BCUT2D eigenvalue weighted by atomic mass is 9.96. The highest BCUT2D eigenvalue weighted by Crippen LogP contribution is 2.26. The Morgan fingerprint density at radius 1 is 1.26 bits per heavy atom. The lowest BCUT2D eigenvalue weighted by Gasteiger charge is -2.39. The molecule has 0 bridgehead atoms. The molecule has 3 heteroatoms. The molecule has 1 aliphatic rings. The van der Waals surface area contributed by atoms with Crippen LogP contribution in [0, 0.1) is 0 Å². The summed E-state index contributed by atoms with van der Waals surface area (Å²) in [6, 6.07) is 10.7. The van der Waals surface area contributed by atoms with Crippen LogP contribution < -0.4 is 0 Å². The topological polar surface area (TPSA) is 32.7 Å². The molecule has 2 unspecified atom stereocenters. The van der Waals surface area contributed by atoms with Crippen LogP contribution >= 0.6 is 0 Å². The summed E-state index contributed by atoms with van der Waals surface area (Å²) in [6.45, 7) is 3.83. The summed E-state index contributed by atoms with van der Waals surface area (Å²) in [6.07, 6.45) is 2.66. The molecule has 2 rings (SSSR count). The first-order chi connectivity index (χ1) is 9.24. The van der Waals surface area contributed by atoms with Crippen molar-refractivity contribution < 1.29 is 9.84 Å². The van der Waals surface area contributed by atoms with E-state index in [4.69, 9.17) is 4.74 Å². The Morgan fingerprint density at radius 2 is 1.89 bits per heavy atom. The Balaban J connectivity index is 2.05. The van der Waals surface area contributed by atoms with Gasteiger partial charge in [-0.3, -0.25) is 4.90 Å². The SMILES string of the molecule is CCC(C(O)c1ccccc1)N(C)C1CCOCC1. The van der Waals surface area contributed by atoms with Crippen molar-refractivity contribution in [1.82, 2.24) is 4.90 Å². The van der Waals surface area contributed by atoms with Crippen LogP contribution in [0.2, 0.25) is 0 Å². The van der Waals surface area contributed by atoms with Gasteiger partial charge in [-0.2, -0.15) is 0 Å². The summed E-state index contributed by atoms with van der Waals surface area (Å²) in [7, 11) is 2.14. The molecule has 19 heavy (non-hydrogen) atoms. The van der Waals surface area contributed by atoms with Gasteiger partial charge < -0.3 is 9.84 Å². The third-order valence-corrected chi connectivity index (χ3v) is 4.21. The molecule has 1 saturated heterocycles. The number of rotatable bonds is 5.